The lowest BCUT2D eigenvalue weighted by molar-refractivity contribution is -0.151. The third kappa shape index (κ3) is 3.67. The number of para-hydroxylation sites is 1. The molecule has 28 heavy (non-hydrogen) atoms. The smallest absolute Gasteiger partial charge is 0.331 e. The monoisotopic (exact) mass is 378 g/mol. The van der Waals surface area contributed by atoms with Crippen LogP contribution in [-0.2, 0) is 14.3 Å². The predicted molar refractivity (Wildman–Crippen MR) is 107 cm³/mol. The summed E-state index contributed by atoms with van der Waals surface area (Å²) in [6.45, 7) is 4.87. The molecular formula is C22H22N2O4. The second-order valence-electron chi connectivity index (χ2n) is 6.92. The molecule has 6 nitrogen and oxygen atoms in total. The summed E-state index contributed by atoms with van der Waals surface area (Å²) in [6, 6.07) is 16.6. The van der Waals surface area contributed by atoms with E-state index in [0.29, 0.717) is 11.1 Å². The van der Waals surface area contributed by atoms with Crippen LogP contribution in [0.15, 0.2) is 54.6 Å². The van der Waals surface area contributed by atoms with E-state index in [1.54, 1.807) is 13.0 Å². The Morgan fingerprint density at radius 2 is 1.64 bits per heavy atom. The maximum absolute atomic E-state index is 13.1. The highest BCUT2D eigenvalue weighted by atomic mass is 16.5. The SMILES string of the molecule is CCOC(=O)C(C)(C)NC(=O)C(=O)c1c(-c2ccccc2)[nH]c2ccccc12. The van der Waals surface area contributed by atoms with E-state index < -0.39 is 23.2 Å². The van der Waals surface area contributed by atoms with E-state index in [1.165, 1.54) is 13.8 Å². The summed E-state index contributed by atoms with van der Waals surface area (Å²) in [7, 11) is 0. The van der Waals surface area contributed by atoms with Crippen LogP contribution in [0, 0.1) is 0 Å². The van der Waals surface area contributed by atoms with E-state index in [0.717, 1.165) is 11.1 Å². The lowest BCUT2D eigenvalue weighted by Gasteiger charge is -2.23. The standard InChI is InChI=1S/C22H22N2O4/c1-4-28-21(27)22(2,3)24-20(26)19(25)17-15-12-8-9-13-16(15)23-18(17)14-10-6-5-7-11-14/h5-13,23H,4H2,1-3H3,(H,24,26). The molecule has 2 aromatic carbocycles. The first-order valence-corrected chi connectivity index (χ1v) is 9.05. The molecule has 2 N–H and O–H groups in total. The summed E-state index contributed by atoms with van der Waals surface area (Å²) in [5.74, 6) is -2.17. The summed E-state index contributed by atoms with van der Waals surface area (Å²) in [6.07, 6.45) is 0. The van der Waals surface area contributed by atoms with Gasteiger partial charge in [0.1, 0.15) is 5.54 Å². The number of hydrogen-bond donors (Lipinski definition) is 2. The van der Waals surface area contributed by atoms with Crippen molar-refractivity contribution in [1.82, 2.24) is 10.3 Å². The molecule has 0 saturated heterocycles. The van der Waals surface area contributed by atoms with Gasteiger partial charge in [0.2, 0.25) is 0 Å². The number of hydrogen-bond acceptors (Lipinski definition) is 4. The molecule has 0 radical (unpaired) electrons. The van der Waals surface area contributed by atoms with Crippen molar-refractivity contribution in [3.05, 3.63) is 60.2 Å². The van der Waals surface area contributed by atoms with Gasteiger partial charge in [-0.2, -0.15) is 0 Å². The molecule has 0 aliphatic carbocycles. The van der Waals surface area contributed by atoms with E-state index >= 15 is 0 Å². The first-order valence-electron chi connectivity index (χ1n) is 9.05. The maximum Gasteiger partial charge on any atom is 0.331 e. The number of ketones is 1. The third-order valence-electron chi connectivity index (χ3n) is 4.41. The zero-order chi connectivity index (χ0) is 20.3. The maximum atomic E-state index is 13.1. The average molecular weight is 378 g/mol. The fraction of sp³-hybridized carbons (Fsp3) is 0.227. The number of aromatic amines is 1. The van der Waals surface area contributed by atoms with Crippen LogP contribution in [0.2, 0.25) is 0 Å². The molecule has 0 fully saturated rings. The van der Waals surface area contributed by atoms with Gasteiger partial charge in [-0.15, -0.1) is 0 Å². The summed E-state index contributed by atoms with van der Waals surface area (Å²) in [5.41, 5.74) is 1.07. The van der Waals surface area contributed by atoms with E-state index in [1.807, 2.05) is 48.5 Å². The Morgan fingerprint density at radius 1 is 1.00 bits per heavy atom. The molecule has 0 unspecified atom stereocenters. The van der Waals surface area contributed by atoms with Gasteiger partial charge in [0.25, 0.3) is 11.7 Å². The Hall–Kier alpha value is -3.41. The minimum Gasteiger partial charge on any atom is -0.464 e. The molecule has 0 saturated carbocycles. The number of carbonyl (C=O) groups excluding carboxylic acids is 3. The molecule has 0 spiro atoms. The van der Waals surface area contributed by atoms with Crippen LogP contribution in [0.4, 0.5) is 0 Å². The van der Waals surface area contributed by atoms with E-state index in [9.17, 15) is 14.4 Å². The molecule has 3 rings (SSSR count). The van der Waals surface area contributed by atoms with E-state index in [2.05, 4.69) is 10.3 Å². The zero-order valence-electron chi connectivity index (χ0n) is 16.0. The Morgan fingerprint density at radius 3 is 2.32 bits per heavy atom. The summed E-state index contributed by atoms with van der Waals surface area (Å²) >= 11 is 0. The average Bonchev–Trinajstić information content (AvgIpc) is 3.07. The van der Waals surface area contributed by atoms with Gasteiger partial charge in [-0.05, 0) is 32.4 Å². The number of carbonyl (C=O) groups is 3. The van der Waals surface area contributed by atoms with E-state index in [-0.39, 0.29) is 12.2 Å². The largest absolute Gasteiger partial charge is 0.464 e. The predicted octanol–water partition coefficient (Wildman–Crippen LogP) is 3.48. The molecule has 1 heterocycles. The molecule has 3 aromatic rings. The Labute approximate surface area is 162 Å². The number of Topliss-reactive ketones (excluding diaryl/α,β-unsaturated/α-hetero) is 1. The fourth-order valence-electron chi connectivity index (χ4n) is 3.02. The molecule has 6 heteroatoms. The lowest BCUT2D eigenvalue weighted by Crippen LogP contribution is -2.52. The number of esters is 1. The molecule has 1 aromatic heterocycles. The van der Waals surface area contributed by atoms with Crippen molar-refractivity contribution in [2.75, 3.05) is 6.61 Å². The van der Waals surface area contributed by atoms with Gasteiger partial charge in [-0.3, -0.25) is 9.59 Å². The molecule has 0 atom stereocenters. The normalized spacial score (nSPS) is 11.2. The van der Waals surface area contributed by atoms with Gasteiger partial charge in [0.05, 0.1) is 17.9 Å². The molecule has 1 amide bonds. The van der Waals surface area contributed by atoms with E-state index in [4.69, 9.17) is 4.74 Å². The Balaban J connectivity index is 2.02. The molecule has 144 valence electrons. The number of fused-ring (bicyclic) bond motifs is 1. The Bertz CT molecular complexity index is 1040. The fourth-order valence-corrected chi connectivity index (χ4v) is 3.02. The Kier molecular flexibility index (Phi) is 5.31. The number of ether oxygens (including phenoxy) is 1. The van der Waals surface area contributed by atoms with Crippen LogP contribution < -0.4 is 5.32 Å². The molecule has 0 bridgehead atoms. The first kappa shape index (κ1) is 19.4. The quantitative estimate of drug-likeness (QED) is 0.390. The van der Waals surface area contributed by atoms with Crippen LogP contribution in [0.1, 0.15) is 31.1 Å². The highest BCUT2D eigenvalue weighted by Gasteiger charge is 2.34. The van der Waals surface area contributed by atoms with Gasteiger partial charge in [-0.1, -0.05) is 48.5 Å². The lowest BCUT2D eigenvalue weighted by atomic mass is 9.99. The first-order chi connectivity index (χ1) is 13.3. The highest BCUT2D eigenvalue weighted by Crippen LogP contribution is 2.30. The number of benzene rings is 2. The number of amides is 1. The molecule has 0 aliphatic rings. The second kappa shape index (κ2) is 7.68. The summed E-state index contributed by atoms with van der Waals surface area (Å²) < 4.78 is 4.97. The molecular weight excluding hydrogens is 356 g/mol. The minimum absolute atomic E-state index is 0.187. The van der Waals surface area contributed by atoms with Gasteiger partial charge in [-0.25, -0.2) is 4.79 Å². The zero-order valence-corrected chi connectivity index (χ0v) is 16.0. The number of rotatable bonds is 6. The van der Waals surface area contributed by atoms with Gasteiger partial charge in [0, 0.05) is 10.9 Å². The summed E-state index contributed by atoms with van der Waals surface area (Å²) in [5, 5.41) is 3.14. The van der Waals surface area contributed by atoms with Crippen LogP contribution in [0.5, 0.6) is 0 Å². The van der Waals surface area contributed by atoms with Crippen LogP contribution in [0.3, 0.4) is 0 Å². The van der Waals surface area contributed by atoms with Crippen molar-refractivity contribution < 1.29 is 19.1 Å². The topological polar surface area (TPSA) is 88.3 Å². The van der Waals surface area contributed by atoms with Crippen LogP contribution in [0.25, 0.3) is 22.2 Å². The van der Waals surface area contributed by atoms with Gasteiger partial charge >= 0.3 is 5.97 Å². The van der Waals surface area contributed by atoms with Gasteiger partial charge < -0.3 is 15.0 Å². The van der Waals surface area contributed by atoms with Crippen molar-refractivity contribution in [2.45, 2.75) is 26.3 Å². The van der Waals surface area contributed by atoms with Crippen molar-refractivity contribution >= 4 is 28.6 Å². The molecule has 0 aliphatic heterocycles. The van der Waals surface area contributed by atoms with Crippen molar-refractivity contribution in [1.29, 1.82) is 0 Å². The van der Waals surface area contributed by atoms with Crippen molar-refractivity contribution in [3.8, 4) is 11.3 Å². The number of nitrogens with one attached hydrogen (secondary N) is 2. The van der Waals surface area contributed by atoms with Crippen LogP contribution >= 0.6 is 0 Å². The van der Waals surface area contributed by atoms with Crippen molar-refractivity contribution in [3.63, 3.8) is 0 Å². The van der Waals surface area contributed by atoms with Gasteiger partial charge in [0.15, 0.2) is 0 Å². The highest BCUT2D eigenvalue weighted by molar-refractivity contribution is 6.46. The number of aromatic nitrogens is 1. The minimum atomic E-state index is -1.32. The second-order valence-corrected chi connectivity index (χ2v) is 6.92. The number of H-pyrrole nitrogens is 1. The van der Waals surface area contributed by atoms with Crippen LogP contribution in [-0.4, -0.2) is 34.8 Å². The van der Waals surface area contributed by atoms with Crippen molar-refractivity contribution in [2.24, 2.45) is 0 Å². The summed E-state index contributed by atoms with van der Waals surface area (Å²) in [4.78, 5) is 41.1. The third-order valence-corrected chi connectivity index (χ3v) is 4.41.